The molecule has 1 aromatic heterocycles. The van der Waals surface area contributed by atoms with E-state index >= 15 is 0 Å². The van der Waals surface area contributed by atoms with Gasteiger partial charge in [0.05, 0.1) is 5.69 Å². The molecule has 5 nitrogen and oxygen atoms in total. The van der Waals surface area contributed by atoms with Crippen molar-refractivity contribution in [2.24, 2.45) is 0 Å². The maximum atomic E-state index is 10.3. The van der Waals surface area contributed by atoms with Gasteiger partial charge in [0.1, 0.15) is 10.6 Å². The first-order valence-electron chi connectivity index (χ1n) is 5.87. The number of nitrogens with zero attached hydrogens (tertiary/aromatic N) is 1. The molecule has 0 fully saturated rings. The average Bonchev–Trinajstić information content (AvgIpc) is 2.64. The number of rotatable bonds is 3. The van der Waals surface area contributed by atoms with Crippen LogP contribution < -0.4 is 4.72 Å². The molecule has 0 saturated carbocycles. The Bertz CT molecular complexity index is 588. The van der Waals surface area contributed by atoms with Gasteiger partial charge in [-0.15, -0.1) is 0 Å². The van der Waals surface area contributed by atoms with E-state index in [1.54, 1.807) is 13.8 Å². The highest BCUT2D eigenvalue weighted by Gasteiger charge is 2.25. The van der Waals surface area contributed by atoms with E-state index in [9.17, 15) is 9.11 Å². The van der Waals surface area contributed by atoms with E-state index in [1.807, 2.05) is 32.0 Å². The minimum absolute atomic E-state index is 0.325. The van der Waals surface area contributed by atoms with Crippen molar-refractivity contribution in [1.82, 2.24) is 5.16 Å². The van der Waals surface area contributed by atoms with Crippen molar-refractivity contribution >= 4 is 16.5 Å². The Labute approximate surface area is 114 Å². The molecular weight excluding hydrogens is 264 g/mol. The van der Waals surface area contributed by atoms with Crippen molar-refractivity contribution < 1.29 is 13.6 Å². The van der Waals surface area contributed by atoms with Crippen LogP contribution >= 0.6 is 10.8 Å². The lowest BCUT2D eigenvalue weighted by atomic mass is 10.1. The monoisotopic (exact) mass is 282 g/mol. The van der Waals surface area contributed by atoms with Crippen molar-refractivity contribution in [3.8, 4) is 0 Å². The molecule has 104 valence electrons. The van der Waals surface area contributed by atoms with Gasteiger partial charge in [-0.05, 0) is 51.0 Å². The largest absolute Gasteiger partial charge is 0.359 e. The van der Waals surface area contributed by atoms with Gasteiger partial charge in [0.2, 0.25) is 0 Å². The second kappa shape index (κ2) is 4.88. The molecule has 0 bridgehead atoms. The smallest absolute Gasteiger partial charge is 0.158 e. The molecule has 0 radical (unpaired) electrons. The van der Waals surface area contributed by atoms with Crippen molar-refractivity contribution in [3.05, 3.63) is 40.8 Å². The fourth-order valence-corrected chi connectivity index (χ4v) is 3.35. The summed E-state index contributed by atoms with van der Waals surface area (Å²) in [5.41, 5.74) is 3.37. The first kappa shape index (κ1) is 13.9. The molecule has 6 heteroatoms. The number of anilines is 1. The zero-order chi connectivity index (χ0) is 14.2. The van der Waals surface area contributed by atoms with Gasteiger partial charge in [-0.2, -0.15) is 0 Å². The molecule has 3 N–H and O–H groups in total. The molecule has 19 heavy (non-hydrogen) atoms. The Kier molecular flexibility index (Phi) is 3.58. The average molecular weight is 282 g/mol. The molecule has 0 spiro atoms. The van der Waals surface area contributed by atoms with Crippen LogP contribution in [0.1, 0.15) is 22.6 Å². The summed E-state index contributed by atoms with van der Waals surface area (Å²) < 4.78 is 28.3. The summed E-state index contributed by atoms with van der Waals surface area (Å²) in [6, 6.07) is 5.62. The molecule has 0 aliphatic heterocycles. The Morgan fingerprint density at radius 3 is 2.32 bits per heavy atom. The van der Waals surface area contributed by atoms with Crippen LogP contribution in [0.3, 0.4) is 0 Å². The Hall–Kier alpha value is -1.50. The number of hydrogen-bond acceptors (Lipinski definition) is 5. The van der Waals surface area contributed by atoms with Gasteiger partial charge in [0, 0.05) is 0 Å². The second-order valence-electron chi connectivity index (χ2n) is 4.60. The minimum atomic E-state index is -3.17. The van der Waals surface area contributed by atoms with Crippen LogP contribution in [-0.2, 0) is 0 Å². The summed E-state index contributed by atoms with van der Waals surface area (Å²) in [5.74, 6) is 0.411. The fraction of sp³-hybridized carbons (Fsp3) is 0.308. The molecule has 2 rings (SSSR count). The van der Waals surface area contributed by atoms with Crippen molar-refractivity contribution in [3.63, 3.8) is 0 Å². The highest BCUT2D eigenvalue weighted by molar-refractivity contribution is 8.25. The van der Waals surface area contributed by atoms with Gasteiger partial charge >= 0.3 is 0 Å². The lowest BCUT2D eigenvalue weighted by Gasteiger charge is -2.33. The third kappa shape index (κ3) is 2.75. The van der Waals surface area contributed by atoms with Crippen LogP contribution in [0.2, 0.25) is 0 Å². The van der Waals surface area contributed by atoms with E-state index in [2.05, 4.69) is 9.88 Å². The van der Waals surface area contributed by atoms with Gasteiger partial charge in [-0.1, -0.05) is 22.0 Å². The van der Waals surface area contributed by atoms with Crippen LogP contribution in [-0.4, -0.2) is 14.3 Å². The topological polar surface area (TPSA) is 78.5 Å². The summed E-state index contributed by atoms with van der Waals surface area (Å²) in [5, 5.41) is 3.74. The molecular formula is C13H18N2O3S. The first-order chi connectivity index (χ1) is 8.81. The third-order valence-corrected chi connectivity index (χ3v) is 4.69. The first-order valence-corrected chi connectivity index (χ1v) is 7.42. The van der Waals surface area contributed by atoms with Gasteiger partial charge in [-0.25, -0.2) is 0 Å². The Morgan fingerprint density at radius 2 is 1.79 bits per heavy atom. The number of benzene rings is 1. The number of hydrogen-bond donors (Lipinski definition) is 3. The number of nitrogens with one attached hydrogen (secondary N) is 1. The van der Waals surface area contributed by atoms with Gasteiger partial charge in [-0.3, -0.25) is 13.8 Å². The Morgan fingerprint density at radius 1 is 1.11 bits per heavy atom. The molecule has 0 amide bonds. The minimum Gasteiger partial charge on any atom is -0.359 e. The van der Waals surface area contributed by atoms with Crippen LogP contribution in [0.25, 0.3) is 0 Å². The predicted molar refractivity (Wildman–Crippen MR) is 76.6 cm³/mol. The second-order valence-corrected chi connectivity index (χ2v) is 6.31. The van der Waals surface area contributed by atoms with Gasteiger partial charge in [0.15, 0.2) is 5.76 Å². The van der Waals surface area contributed by atoms with Gasteiger partial charge in [0.25, 0.3) is 0 Å². The van der Waals surface area contributed by atoms with Crippen LogP contribution in [0, 0.1) is 27.7 Å². The molecule has 0 atom stereocenters. The predicted octanol–water partition coefficient (Wildman–Crippen LogP) is 4.04. The summed E-state index contributed by atoms with van der Waals surface area (Å²) in [6.07, 6.45) is 0. The summed E-state index contributed by atoms with van der Waals surface area (Å²) in [4.78, 5) is 0.325. The SMILES string of the molecule is Cc1ccc(NS(O)(O)c2c(C)noc2C)cc1C. The van der Waals surface area contributed by atoms with Crippen LogP contribution in [0.5, 0.6) is 0 Å². The lowest BCUT2D eigenvalue weighted by Crippen LogP contribution is -2.11. The molecule has 0 unspecified atom stereocenters. The molecule has 0 aliphatic rings. The Balaban J connectivity index is 2.33. The maximum absolute atomic E-state index is 10.3. The molecule has 1 heterocycles. The van der Waals surface area contributed by atoms with Crippen molar-refractivity contribution in [2.45, 2.75) is 32.6 Å². The normalized spacial score (nSPS) is 12.5. The van der Waals surface area contributed by atoms with E-state index in [0.29, 0.717) is 22.0 Å². The highest BCUT2D eigenvalue weighted by Crippen LogP contribution is 2.50. The van der Waals surface area contributed by atoms with Crippen molar-refractivity contribution in [2.75, 3.05) is 4.72 Å². The van der Waals surface area contributed by atoms with Crippen molar-refractivity contribution in [1.29, 1.82) is 0 Å². The lowest BCUT2D eigenvalue weighted by molar-refractivity contribution is 0.389. The highest BCUT2D eigenvalue weighted by atomic mass is 32.3. The zero-order valence-corrected chi connectivity index (χ0v) is 12.2. The van der Waals surface area contributed by atoms with E-state index in [-0.39, 0.29) is 0 Å². The number of aryl methyl sites for hydroxylation is 4. The summed E-state index contributed by atoms with van der Waals surface area (Å²) >= 11 is 0. The maximum Gasteiger partial charge on any atom is 0.158 e. The zero-order valence-electron chi connectivity index (χ0n) is 11.4. The quantitative estimate of drug-likeness (QED) is 0.791. The molecule has 0 saturated heterocycles. The van der Waals surface area contributed by atoms with Crippen LogP contribution in [0.15, 0.2) is 27.6 Å². The third-order valence-electron chi connectivity index (χ3n) is 3.02. The summed E-state index contributed by atoms with van der Waals surface area (Å²) in [7, 11) is -3.17. The fourth-order valence-electron chi connectivity index (χ4n) is 1.90. The van der Waals surface area contributed by atoms with E-state index < -0.39 is 10.8 Å². The van der Waals surface area contributed by atoms with E-state index in [4.69, 9.17) is 4.52 Å². The van der Waals surface area contributed by atoms with E-state index in [1.165, 1.54) is 0 Å². The van der Waals surface area contributed by atoms with Gasteiger partial charge < -0.3 is 4.52 Å². The standard InChI is InChI=1S/C13H18N2O3S/c1-8-5-6-12(7-9(8)2)15-19(16,17)13-10(3)14-18-11(13)4/h5-7,15-17H,1-4H3. The number of aromatic nitrogens is 1. The van der Waals surface area contributed by atoms with Crippen LogP contribution in [0.4, 0.5) is 5.69 Å². The summed E-state index contributed by atoms with van der Waals surface area (Å²) in [6.45, 7) is 7.32. The molecule has 1 aromatic carbocycles. The van der Waals surface area contributed by atoms with E-state index in [0.717, 1.165) is 11.1 Å². The molecule has 2 aromatic rings. The molecule has 0 aliphatic carbocycles.